The summed E-state index contributed by atoms with van der Waals surface area (Å²) in [5.41, 5.74) is 1.19. The summed E-state index contributed by atoms with van der Waals surface area (Å²) >= 11 is 17.3. The first-order valence-electron chi connectivity index (χ1n) is 4.85. The van der Waals surface area contributed by atoms with Crippen molar-refractivity contribution < 1.29 is 0 Å². The van der Waals surface area contributed by atoms with Gasteiger partial charge in [0.15, 0.2) is 0 Å². The lowest BCUT2D eigenvalue weighted by molar-refractivity contribution is 0.299. The molecule has 0 heterocycles. The SMILES string of the molecule is Cl.ClCCN(CCCl)Cc1cccc(Cl)c1. The topological polar surface area (TPSA) is 3.24 Å². The number of alkyl halides is 2. The summed E-state index contributed by atoms with van der Waals surface area (Å²) in [6.45, 7) is 2.54. The van der Waals surface area contributed by atoms with Gasteiger partial charge in [-0.2, -0.15) is 0 Å². The summed E-state index contributed by atoms with van der Waals surface area (Å²) in [4.78, 5) is 2.21. The van der Waals surface area contributed by atoms with E-state index in [0.29, 0.717) is 11.8 Å². The maximum Gasteiger partial charge on any atom is 0.0409 e. The molecule has 0 N–H and O–H groups in total. The van der Waals surface area contributed by atoms with Gasteiger partial charge in [0.05, 0.1) is 0 Å². The van der Waals surface area contributed by atoms with E-state index in [2.05, 4.69) is 11.0 Å². The fourth-order valence-corrected chi connectivity index (χ4v) is 2.09. The summed E-state index contributed by atoms with van der Waals surface area (Å²) < 4.78 is 0. The van der Waals surface area contributed by atoms with Crippen LogP contribution >= 0.6 is 47.2 Å². The zero-order valence-corrected chi connectivity index (χ0v) is 11.9. The molecule has 1 aromatic rings. The highest BCUT2D eigenvalue weighted by atomic mass is 35.5. The van der Waals surface area contributed by atoms with Crippen molar-refractivity contribution in [3.05, 3.63) is 34.9 Å². The van der Waals surface area contributed by atoms with Gasteiger partial charge in [-0.25, -0.2) is 0 Å². The van der Waals surface area contributed by atoms with Gasteiger partial charge in [0.1, 0.15) is 0 Å². The highest BCUT2D eigenvalue weighted by Crippen LogP contribution is 2.12. The predicted octanol–water partition coefficient (Wildman–Crippen LogP) is 4.04. The van der Waals surface area contributed by atoms with E-state index in [1.165, 1.54) is 5.56 Å². The van der Waals surface area contributed by atoms with Crippen LogP contribution in [0.1, 0.15) is 5.56 Å². The Kier molecular flexibility index (Phi) is 9.58. The van der Waals surface area contributed by atoms with Crippen molar-refractivity contribution in [2.45, 2.75) is 6.54 Å². The minimum absolute atomic E-state index is 0. The molecular weight excluding hydrogens is 288 g/mol. The van der Waals surface area contributed by atoms with Crippen LogP contribution in [0.2, 0.25) is 5.02 Å². The minimum atomic E-state index is 0. The van der Waals surface area contributed by atoms with E-state index in [-0.39, 0.29) is 12.4 Å². The van der Waals surface area contributed by atoms with Gasteiger partial charge in [0.25, 0.3) is 0 Å². The molecule has 0 bridgehead atoms. The summed E-state index contributed by atoms with van der Waals surface area (Å²) in [5.74, 6) is 1.24. The standard InChI is InChI=1S/C11H14Cl3N.ClH/c12-4-6-15(7-5-13)9-10-2-1-3-11(14)8-10;/h1-3,8H,4-7,9H2;1H. The molecule has 0 aliphatic carbocycles. The van der Waals surface area contributed by atoms with Gasteiger partial charge in [-0.05, 0) is 17.7 Å². The first-order valence-corrected chi connectivity index (χ1v) is 6.29. The second-order valence-electron chi connectivity index (χ2n) is 3.28. The molecule has 0 atom stereocenters. The lowest BCUT2D eigenvalue weighted by atomic mass is 10.2. The van der Waals surface area contributed by atoms with Crippen LogP contribution in [0.25, 0.3) is 0 Å². The zero-order valence-electron chi connectivity index (χ0n) is 8.83. The van der Waals surface area contributed by atoms with Gasteiger partial charge in [-0.3, -0.25) is 4.90 Å². The van der Waals surface area contributed by atoms with Crippen LogP contribution in [0, 0.1) is 0 Å². The van der Waals surface area contributed by atoms with E-state index in [1.54, 1.807) is 0 Å². The van der Waals surface area contributed by atoms with Crippen molar-refractivity contribution in [1.29, 1.82) is 0 Å². The Hall–Kier alpha value is 0.340. The van der Waals surface area contributed by atoms with Crippen LogP contribution < -0.4 is 0 Å². The monoisotopic (exact) mass is 301 g/mol. The Morgan fingerprint density at radius 2 is 1.69 bits per heavy atom. The van der Waals surface area contributed by atoms with E-state index in [1.807, 2.05) is 18.2 Å². The molecule has 16 heavy (non-hydrogen) atoms. The Bertz CT molecular complexity index is 287. The van der Waals surface area contributed by atoms with Crippen LogP contribution in [0.15, 0.2) is 24.3 Å². The van der Waals surface area contributed by atoms with Gasteiger partial charge in [0.2, 0.25) is 0 Å². The molecule has 0 amide bonds. The molecule has 1 rings (SSSR count). The molecule has 0 aliphatic rings. The van der Waals surface area contributed by atoms with Crippen LogP contribution in [0.4, 0.5) is 0 Å². The van der Waals surface area contributed by atoms with Crippen molar-refractivity contribution in [2.75, 3.05) is 24.8 Å². The smallest absolute Gasteiger partial charge is 0.0409 e. The highest BCUT2D eigenvalue weighted by Gasteiger charge is 2.04. The van der Waals surface area contributed by atoms with E-state index in [4.69, 9.17) is 34.8 Å². The van der Waals surface area contributed by atoms with E-state index in [9.17, 15) is 0 Å². The minimum Gasteiger partial charge on any atom is -0.297 e. The maximum absolute atomic E-state index is 5.91. The molecule has 0 aliphatic heterocycles. The molecule has 0 fully saturated rings. The van der Waals surface area contributed by atoms with Crippen molar-refractivity contribution in [3.63, 3.8) is 0 Å². The molecule has 0 unspecified atom stereocenters. The van der Waals surface area contributed by atoms with Crippen LogP contribution in [-0.2, 0) is 6.54 Å². The number of rotatable bonds is 6. The molecule has 0 saturated carbocycles. The summed E-state index contributed by atoms with van der Waals surface area (Å²) in [7, 11) is 0. The molecule has 0 spiro atoms. The van der Waals surface area contributed by atoms with E-state index in [0.717, 1.165) is 24.7 Å². The van der Waals surface area contributed by atoms with Gasteiger partial charge in [-0.15, -0.1) is 35.6 Å². The lowest BCUT2D eigenvalue weighted by Crippen LogP contribution is -2.27. The van der Waals surface area contributed by atoms with Gasteiger partial charge < -0.3 is 0 Å². The molecule has 1 aromatic carbocycles. The second-order valence-corrected chi connectivity index (χ2v) is 4.48. The van der Waals surface area contributed by atoms with Gasteiger partial charge in [0, 0.05) is 36.4 Å². The second kappa shape index (κ2) is 9.38. The fraction of sp³-hybridized carbons (Fsp3) is 0.455. The lowest BCUT2D eigenvalue weighted by Gasteiger charge is -2.19. The highest BCUT2D eigenvalue weighted by molar-refractivity contribution is 6.30. The third-order valence-corrected chi connectivity index (χ3v) is 2.67. The van der Waals surface area contributed by atoms with E-state index < -0.39 is 0 Å². The van der Waals surface area contributed by atoms with Gasteiger partial charge >= 0.3 is 0 Å². The number of hydrogen-bond donors (Lipinski definition) is 0. The molecule has 0 saturated heterocycles. The average molecular weight is 303 g/mol. The Morgan fingerprint density at radius 1 is 1.06 bits per heavy atom. The normalized spacial score (nSPS) is 10.2. The van der Waals surface area contributed by atoms with Gasteiger partial charge in [-0.1, -0.05) is 23.7 Å². The summed E-state index contributed by atoms with van der Waals surface area (Å²) in [6, 6.07) is 7.86. The number of nitrogens with zero attached hydrogens (tertiary/aromatic N) is 1. The number of halogens is 4. The van der Waals surface area contributed by atoms with Crippen molar-refractivity contribution in [1.82, 2.24) is 4.90 Å². The van der Waals surface area contributed by atoms with Crippen LogP contribution in [0.3, 0.4) is 0 Å². The quantitative estimate of drug-likeness (QED) is 0.717. The Balaban J connectivity index is 0.00000225. The molecule has 0 aromatic heterocycles. The summed E-state index contributed by atoms with van der Waals surface area (Å²) in [6.07, 6.45) is 0. The molecule has 92 valence electrons. The number of hydrogen-bond acceptors (Lipinski definition) is 1. The van der Waals surface area contributed by atoms with Crippen molar-refractivity contribution >= 4 is 47.2 Å². The summed E-state index contributed by atoms with van der Waals surface area (Å²) in [5, 5.41) is 0.768. The van der Waals surface area contributed by atoms with E-state index >= 15 is 0 Å². The molecular formula is C11H15Cl4N. The largest absolute Gasteiger partial charge is 0.297 e. The number of benzene rings is 1. The third kappa shape index (κ3) is 6.17. The van der Waals surface area contributed by atoms with Crippen molar-refractivity contribution in [2.24, 2.45) is 0 Å². The third-order valence-electron chi connectivity index (χ3n) is 2.10. The van der Waals surface area contributed by atoms with Crippen molar-refractivity contribution in [3.8, 4) is 0 Å². The molecule has 0 radical (unpaired) electrons. The molecule has 5 heteroatoms. The maximum atomic E-state index is 5.91. The first-order chi connectivity index (χ1) is 7.26. The molecule has 1 nitrogen and oxygen atoms in total. The first kappa shape index (κ1) is 16.3. The fourth-order valence-electron chi connectivity index (χ4n) is 1.40. The van der Waals surface area contributed by atoms with Crippen LogP contribution in [0.5, 0.6) is 0 Å². The zero-order chi connectivity index (χ0) is 11.1. The predicted molar refractivity (Wildman–Crippen MR) is 75.4 cm³/mol. The average Bonchev–Trinajstić information content (AvgIpc) is 2.18. The van der Waals surface area contributed by atoms with Crippen LogP contribution in [-0.4, -0.2) is 29.7 Å². The Morgan fingerprint density at radius 3 is 2.19 bits per heavy atom. The Labute approximate surface area is 118 Å².